The molecule has 1 aliphatic rings. The van der Waals surface area contributed by atoms with Crippen LogP contribution in [0.15, 0.2) is 24.4 Å². The van der Waals surface area contributed by atoms with Gasteiger partial charge in [-0.25, -0.2) is 0 Å². The predicted octanol–water partition coefficient (Wildman–Crippen LogP) is 2.68. The number of para-hydroxylation sites is 1. The van der Waals surface area contributed by atoms with E-state index in [2.05, 4.69) is 4.98 Å². The molecule has 1 aromatic heterocycles. The number of nitro groups is 1. The fourth-order valence-electron chi connectivity index (χ4n) is 2.71. The van der Waals surface area contributed by atoms with Gasteiger partial charge in [0.2, 0.25) is 0 Å². The van der Waals surface area contributed by atoms with Gasteiger partial charge in [0.25, 0.3) is 5.69 Å². The lowest BCUT2D eigenvalue weighted by Crippen LogP contribution is -2.14. The van der Waals surface area contributed by atoms with Gasteiger partial charge in [0.05, 0.1) is 17.6 Å². The minimum atomic E-state index is -0.451. The molecule has 20 heavy (non-hydrogen) atoms. The summed E-state index contributed by atoms with van der Waals surface area (Å²) < 4.78 is 5.42. The molecule has 3 rings (SSSR count). The molecule has 6 nitrogen and oxygen atoms in total. The summed E-state index contributed by atoms with van der Waals surface area (Å²) in [5.74, 6) is -0.177. The SMILES string of the molecule is CC1CC(C(=O)c2c[nH]c3c([N+](=O)[O-])cccc23)CO1. The molecule has 2 heterocycles. The van der Waals surface area contributed by atoms with Crippen LogP contribution < -0.4 is 0 Å². The Hall–Kier alpha value is -2.21. The summed E-state index contributed by atoms with van der Waals surface area (Å²) in [7, 11) is 0. The van der Waals surface area contributed by atoms with Crippen LogP contribution in [-0.2, 0) is 4.74 Å². The van der Waals surface area contributed by atoms with Gasteiger partial charge in [0, 0.05) is 29.1 Å². The fourth-order valence-corrected chi connectivity index (χ4v) is 2.71. The Labute approximate surface area is 114 Å². The van der Waals surface area contributed by atoms with Crippen molar-refractivity contribution in [3.8, 4) is 0 Å². The number of aromatic amines is 1. The first-order valence-corrected chi connectivity index (χ1v) is 6.48. The molecule has 0 saturated carbocycles. The number of hydrogen-bond acceptors (Lipinski definition) is 4. The topological polar surface area (TPSA) is 85.2 Å². The van der Waals surface area contributed by atoms with E-state index in [4.69, 9.17) is 4.74 Å². The fraction of sp³-hybridized carbons (Fsp3) is 0.357. The Kier molecular flexibility index (Phi) is 3.02. The lowest BCUT2D eigenvalue weighted by Gasteiger charge is -2.05. The average molecular weight is 274 g/mol. The summed E-state index contributed by atoms with van der Waals surface area (Å²) >= 11 is 0. The van der Waals surface area contributed by atoms with Crippen LogP contribution in [0.4, 0.5) is 5.69 Å². The van der Waals surface area contributed by atoms with E-state index in [0.29, 0.717) is 29.5 Å². The molecular weight excluding hydrogens is 260 g/mol. The van der Waals surface area contributed by atoms with Crippen molar-refractivity contribution in [2.24, 2.45) is 5.92 Å². The minimum Gasteiger partial charge on any atom is -0.378 e. The van der Waals surface area contributed by atoms with Crippen LogP contribution in [0.3, 0.4) is 0 Å². The molecule has 1 N–H and O–H groups in total. The molecule has 1 fully saturated rings. The van der Waals surface area contributed by atoms with Crippen LogP contribution >= 0.6 is 0 Å². The number of benzene rings is 1. The van der Waals surface area contributed by atoms with Crippen molar-refractivity contribution in [1.82, 2.24) is 4.98 Å². The molecule has 0 radical (unpaired) electrons. The van der Waals surface area contributed by atoms with Crippen molar-refractivity contribution < 1.29 is 14.5 Å². The zero-order chi connectivity index (χ0) is 14.3. The van der Waals surface area contributed by atoms with Gasteiger partial charge in [0.15, 0.2) is 5.78 Å². The van der Waals surface area contributed by atoms with E-state index in [9.17, 15) is 14.9 Å². The van der Waals surface area contributed by atoms with Gasteiger partial charge in [-0.15, -0.1) is 0 Å². The van der Waals surface area contributed by atoms with Gasteiger partial charge in [-0.3, -0.25) is 14.9 Å². The van der Waals surface area contributed by atoms with Crippen molar-refractivity contribution in [3.05, 3.63) is 40.1 Å². The normalized spacial score (nSPS) is 22.2. The van der Waals surface area contributed by atoms with Crippen molar-refractivity contribution in [3.63, 3.8) is 0 Å². The van der Waals surface area contributed by atoms with E-state index in [1.165, 1.54) is 6.07 Å². The molecule has 0 aliphatic carbocycles. The highest BCUT2D eigenvalue weighted by molar-refractivity contribution is 6.10. The molecule has 2 unspecified atom stereocenters. The highest BCUT2D eigenvalue weighted by Crippen LogP contribution is 2.30. The Balaban J connectivity index is 2.03. The predicted molar refractivity (Wildman–Crippen MR) is 72.8 cm³/mol. The average Bonchev–Trinajstić information content (AvgIpc) is 3.03. The van der Waals surface area contributed by atoms with Crippen molar-refractivity contribution in [1.29, 1.82) is 0 Å². The summed E-state index contributed by atoms with van der Waals surface area (Å²) in [6, 6.07) is 4.75. The summed E-state index contributed by atoms with van der Waals surface area (Å²) in [5.41, 5.74) is 0.886. The maximum atomic E-state index is 12.5. The zero-order valence-corrected chi connectivity index (χ0v) is 11.0. The second-order valence-electron chi connectivity index (χ2n) is 5.10. The van der Waals surface area contributed by atoms with Crippen molar-refractivity contribution in [2.45, 2.75) is 19.4 Å². The quantitative estimate of drug-likeness (QED) is 0.529. The lowest BCUT2D eigenvalue weighted by atomic mass is 9.95. The Morgan fingerprint density at radius 2 is 2.30 bits per heavy atom. The lowest BCUT2D eigenvalue weighted by molar-refractivity contribution is -0.383. The molecule has 1 aliphatic heterocycles. The molecule has 104 valence electrons. The maximum Gasteiger partial charge on any atom is 0.293 e. The van der Waals surface area contributed by atoms with Gasteiger partial charge >= 0.3 is 0 Å². The molecule has 0 spiro atoms. The van der Waals surface area contributed by atoms with E-state index < -0.39 is 4.92 Å². The third-order valence-corrected chi connectivity index (χ3v) is 3.72. The third kappa shape index (κ3) is 1.98. The summed E-state index contributed by atoms with van der Waals surface area (Å²) in [5, 5.41) is 11.6. The number of rotatable bonds is 3. The van der Waals surface area contributed by atoms with E-state index in [1.807, 2.05) is 6.92 Å². The zero-order valence-electron chi connectivity index (χ0n) is 11.0. The van der Waals surface area contributed by atoms with Gasteiger partial charge in [0.1, 0.15) is 5.52 Å². The number of carbonyl (C=O) groups excluding carboxylic acids is 1. The Bertz CT molecular complexity index is 692. The first-order valence-electron chi connectivity index (χ1n) is 6.48. The first kappa shape index (κ1) is 12.8. The number of nitro benzene ring substituents is 1. The number of nitrogens with one attached hydrogen (secondary N) is 1. The molecule has 1 aromatic carbocycles. The van der Waals surface area contributed by atoms with Gasteiger partial charge < -0.3 is 9.72 Å². The number of nitrogens with zero attached hydrogens (tertiary/aromatic N) is 1. The summed E-state index contributed by atoms with van der Waals surface area (Å²) in [6.45, 7) is 2.36. The standard InChI is InChI=1S/C14H14N2O4/c1-8-5-9(7-20-8)14(17)11-6-15-13-10(11)3-2-4-12(13)16(18)19/h2-4,6,8-9,15H,5,7H2,1H3. The smallest absolute Gasteiger partial charge is 0.293 e. The second-order valence-corrected chi connectivity index (χ2v) is 5.10. The molecule has 2 atom stereocenters. The summed E-state index contributed by atoms with van der Waals surface area (Å²) in [4.78, 5) is 25.9. The van der Waals surface area contributed by atoms with Crippen LogP contribution in [-0.4, -0.2) is 28.4 Å². The van der Waals surface area contributed by atoms with Crippen LogP contribution in [0.1, 0.15) is 23.7 Å². The van der Waals surface area contributed by atoms with Gasteiger partial charge in [-0.1, -0.05) is 12.1 Å². The van der Waals surface area contributed by atoms with Crippen molar-refractivity contribution >= 4 is 22.4 Å². The molecule has 6 heteroatoms. The molecule has 1 saturated heterocycles. The van der Waals surface area contributed by atoms with Crippen LogP contribution in [0.5, 0.6) is 0 Å². The van der Waals surface area contributed by atoms with Crippen molar-refractivity contribution in [2.75, 3.05) is 6.61 Å². The number of carbonyl (C=O) groups is 1. The number of ketones is 1. The van der Waals surface area contributed by atoms with Crippen LogP contribution in [0.2, 0.25) is 0 Å². The first-order chi connectivity index (χ1) is 9.58. The number of H-pyrrole nitrogens is 1. The largest absolute Gasteiger partial charge is 0.378 e. The number of fused-ring (bicyclic) bond motifs is 1. The third-order valence-electron chi connectivity index (χ3n) is 3.72. The molecule has 0 amide bonds. The molecule has 2 aromatic rings. The van der Waals surface area contributed by atoms with Crippen LogP contribution in [0.25, 0.3) is 10.9 Å². The monoisotopic (exact) mass is 274 g/mol. The Morgan fingerprint density at radius 3 is 2.95 bits per heavy atom. The van der Waals surface area contributed by atoms with Gasteiger partial charge in [-0.2, -0.15) is 0 Å². The molecular formula is C14H14N2O4. The minimum absolute atomic E-state index is 0.0129. The summed E-state index contributed by atoms with van der Waals surface area (Å²) in [6.07, 6.45) is 2.34. The van der Waals surface area contributed by atoms with Gasteiger partial charge in [-0.05, 0) is 13.3 Å². The van der Waals surface area contributed by atoms with Crippen LogP contribution in [0, 0.1) is 16.0 Å². The number of ether oxygens (including phenoxy) is 1. The highest BCUT2D eigenvalue weighted by Gasteiger charge is 2.30. The number of hydrogen-bond donors (Lipinski definition) is 1. The number of aromatic nitrogens is 1. The van der Waals surface area contributed by atoms with E-state index >= 15 is 0 Å². The highest BCUT2D eigenvalue weighted by atomic mass is 16.6. The molecule has 0 bridgehead atoms. The van der Waals surface area contributed by atoms with E-state index in [0.717, 1.165) is 0 Å². The maximum absolute atomic E-state index is 12.5. The Morgan fingerprint density at radius 1 is 1.50 bits per heavy atom. The number of Topliss-reactive ketones (excluding diaryl/α,β-unsaturated/α-hetero) is 1. The number of non-ortho nitro benzene ring substituents is 1. The van der Waals surface area contributed by atoms with E-state index in [1.54, 1.807) is 18.3 Å². The second kappa shape index (κ2) is 4.72. The van der Waals surface area contributed by atoms with E-state index in [-0.39, 0.29) is 23.5 Å².